The number of allylic oxidation sites excluding steroid dienone is 1. The second-order valence-corrected chi connectivity index (χ2v) is 10.2. The molecule has 0 saturated heterocycles. The Hall–Kier alpha value is -3.07. The third-order valence-electron chi connectivity index (χ3n) is 5.55. The molecule has 2 aromatic carbocycles. The van der Waals surface area contributed by atoms with E-state index in [0.717, 1.165) is 0 Å². The Bertz CT molecular complexity index is 1550. The van der Waals surface area contributed by atoms with E-state index in [9.17, 15) is 9.59 Å². The van der Waals surface area contributed by atoms with E-state index in [0.29, 0.717) is 53.3 Å². The minimum atomic E-state index is -0.718. The van der Waals surface area contributed by atoms with Gasteiger partial charge in [-0.3, -0.25) is 9.36 Å². The summed E-state index contributed by atoms with van der Waals surface area (Å²) in [4.78, 5) is 31.9. The van der Waals surface area contributed by atoms with Crippen LogP contribution in [0.15, 0.2) is 57.5 Å². The summed E-state index contributed by atoms with van der Waals surface area (Å²) in [7, 11) is 0. The molecular weight excluding hydrogens is 511 g/mol. The van der Waals surface area contributed by atoms with Gasteiger partial charge >= 0.3 is 5.97 Å². The van der Waals surface area contributed by atoms with Crippen molar-refractivity contribution in [2.75, 3.05) is 6.79 Å². The van der Waals surface area contributed by atoms with E-state index in [4.69, 9.17) is 37.4 Å². The first-order valence-corrected chi connectivity index (χ1v) is 12.4. The van der Waals surface area contributed by atoms with E-state index in [1.54, 1.807) is 63.2 Å². The lowest BCUT2D eigenvalue weighted by Crippen LogP contribution is -2.40. The number of rotatable bonds is 4. The SMILES string of the molecule is CC1=C(C(=O)OC(C)C)[C@H](c2ccc(Cl)cc2)n2c(s/c(=C/c3cc4c(cc3Cl)OCO4)c2=O)=N1. The van der Waals surface area contributed by atoms with Crippen molar-refractivity contribution in [3.63, 3.8) is 0 Å². The van der Waals surface area contributed by atoms with Crippen LogP contribution in [-0.4, -0.2) is 23.4 Å². The number of carbonyl (C=O) groups excluding carboxylic acids is 1. The second-order valence-electron chi connectivity index (χ2n) is 8.31. The average Bonchev–Trinajstić information content (AvgIpc) is 3.36. The summed E-state index contributed by atoms with van der Waals surface area (Å²) in [6, 6.07) is 9.70. The number of benzene rings is 2. The zero-order valence-corrected chi connectivity index (χ0v) is 21.3. The van der Waals surface area contributed by atoms with Crippen LogP contribution >= 0.6 is 34.5 Å². The molecule has 180 valence electrons. The third-order valence-corrected chi connectivity index (χ3v) is 7.11. The Kier molecular flexibility index (Phi) is 6.21. The molecule has 2 aliphatic heterocycles. The minimum absolute atomic E-state index is 0.118. The van der Waals surface area contributed by atoms with Crippen molar-refractivity contribution in [1.29, 1.82) is 0 Å². The van der Waals surface area contributed by atoms with Crippen LogP contribution < -0.4 is 24.4 Å². The summed E-state index contributed by atoms with van der Waals surface area (Å²) in [5, 5.41) is 0.970. The lowest BCUT2D eigenvalue weighted by Gasteiger charge is -2.25. The molecule has 2 aliphatic rings. The molecule has 3 heterocycles. The second kappa shape index (κ2) is 9.18. The van der Waals surface area contributed by atoms with Crippen LogP contribution in [-0.2, 0) is 9.53 Å². The number of hydrogen-bond donors (Lipinski definition) is 0. The van der Waals surface area contributed by atoms with Crippen molar-refractivity contribution in [1.82, 2.24) is 4.57 Å². The minimum Gasteiger partial charge on any atom is -0.459 e. The van der Waals surface area contributed by atoms with Crippen LogP contribution in [0.4, 0.5) is 0 Å². The van der Waals surface area contributed by atoms with Gasteiger partial charge in [-0.2, -0.15) is 0 Å². The lowest BCUT2D eigenvalue weighted by molar-refractivity contribution is -0.143. The number of nitrogens with zero attached hydrogens (tertiary/aromatic N) is 2. The van der Waals surface area contributed by atoms with Gasteiger partial charge < -0.3 is 14.2 Å². The number of aromatic nitrogens is 1. The van der Waals surface area contributed by atoms with Crippen molar-refractivity contribution < 1.29 is 19.0 Å². The molecular formula is C25H20Cl2N2O5S. The van der Waals surface area contributed by atoms with Gasteiger partial charge in [0.1, 0.15) is 0 Å². The molecule has 0 saturated carbocycles. The number of esters is 1. The Labute approximate surface area is 214 Å². The Balaban J connectivity index is 1.70. The maximum Gasteiger partial charge on any atom is 0.338 e. The monoisotopic (exact) mass is 530 g/mol. The van der Waals surface area contributed by atoms with Crippen LogP contribution in [0.2, 0.25) is 10.0 Å². The zero-order valence-electron chi connectivity index (χ0n) is 19.0. The maximum absolute atomic E-state index is 13.7. The normalized spacial score (nSPS) is 17.0. The topological polar surface area (TPSA) is 79.1 Å². The molecule has 0 radical (unpaired) electrons. The molecule has 0 unspecified atom stereocenters. The number of halogens is 2. The predicted octanol–water partition coefficient (Wildman–Crippen LogP) is 4.22. The van der Waals surface area contributed by atoms with E-state index in [1.165, 1.54) is 15.9 Å². The average molecular weight is 531 g/mol. The smallest absolute Gasteiger partial charge is 0.338 e. The number of hydrogen-bond acceptors (Lipinski definition) is 7. The summed E-state index contributed by atoms with van der Waals surface area (Å²) in [6.07, 6.45) is 1.37. The first-order valence-electron chi connectivity index (χ1n) is 10.8. The van der Waals surface area contributed by atoms with Crippen molar-refractivity contribution in [2.24, 2.45) is 4.99 Å². The molecule has 10 heteroatoms. The van der Waals surface area contributed by atoms with Gasteiger partial charge in [0.2, 0.25) is 6.79 Å². The molecule has 3 aromatic rings. The molecule has 0 bridgehead atoms. The van der Waals surface area contributed by atoms with Crippen molar-refractivity contribution in [2.45, 2.75) is 32.9 Å². The van der Waals surface area contributed by atoms with Crippen LogP contribution in [0.1, 0.15) is 37.9 Å². The third kappa shape index (κ3) is 4.37. The highest BCUT2D eigenvalue weighted by atomic mass is 35.5. The molecule has 0 amide bonds. The van der Waals surface area contributed by atoms with Gasteiger partial charge in [0.15, 0.2) is 16.3 Å². The maximum atomic E-state index is 13.7. The summed E-state index contributed by atoms with van der Waals surface area (Å²) in [5.41, 5.74) is 1.82. The van der Waals surface area contributed by atoms with Gasteiger partial charge in [-0.15, -0.1) is 0 Å². The summed E-state index contributed by atoms with van der Waals surface area (Å²) in [6.45, 7) is 5.41. The van der Waals surface area contributed by atoms with Gasteiger partial charge in [-0.05, 0) is 56.2 Å². The molecule has 35 heavy (non-hydrogen) atoms. The highest BCUT2D eigenvalue weighted by Crippen LogP contribution is 2.37. The number of thiazole rings is 1. The van der Waals surface area contributed by atoms with E-state index < -0.39 is 12.0 Å². The van der Waals surface area contributed by atoms with Gasteiger partial charge in [-0.25, -0.2) is 9.79 Å². The van der Waals surface area contributed by atoms with E-state index >= 15 is 0 Å². The zero-order chi connectivity index (χ0) is 24.9. The fourth-order valence-corrected chi connectivity index (χ4v) is 5.38. The molecule has 0 aliphatic carbocycles. The highest BCUT2D eigenvalue weighted by Gasteiger charge is 2.33. The van der Waals surface area contributed by atoms with Crippen molar-refractivity contribution >= 4 is 46.6 Å². The molecule has 7 nitrogen and oxygen atoms in total. The van der Waals surface area contributed by atoms with Crippen LogP contribution in [0.3, 0.4) is 0 Å². The van der Waals surface area contributed by atoms with Crippen molar-refractivity contribution in [3.8, 4) is 11.5 Å². The first kappa shape index (κ1) is 23.7. The first-order chi connectivity index (χ1) is 16.7. The Morgan fingerprint density at radius 1 is 1.20 bits per heavy atom. The summed E-state index contributed by atoms with van der Waals surface area (Å²) >= 11 is 13.8. The molecule has 5 rings (SSSR count). The van der Waals surface area contributed by atoms with Crippen LogP contribution in [0.5, 0.6) is 11.5 Å². The molecule has 1 atom stereocenters. The summed E-state index contributed by atoms with van der Waals surface area (Å²) in [5.74, 6) is 0.594. The Morgan fingerprint density at radius 2 is 1.89 bits per heavy atom. The predicted molar refractivity (Wildman–Crippen MR) is 134 cm³/mol. The fourth-order valence-electron chi connectivity index (χ4n) is 4.01. The van der Waals surface area contributed by atoms with Gasteiger partial charge in [-0.1, -0.05) is 46.7 Å². The van der Waals surface area contributed by atoms with E-state index in [2.05, 4.69) is 4.99 Å². The highest BCUT2D eigenvalue weighted by molar-refractivity contribution is 7.07. The van der Waals surface area contributed by atoms with Gasteiger partial charge in [0.25, 0.3) is 5.56 Å². The van der Waals surface area contributed by atoms with E-state index in [-0.39, 0.29) is 18.5 Å². The number of fused-ring (bicyclic) bond motifs is 2. The Morgan fingerprint density at radius 3 is 2.57 bits per heavy atom. The number of ether oxygens (including phenoxy) is 3. The van der Waals surface area contributed by atoms with Gasteiger partial charge in [0, 0.05) is 11.1 Å². The largest absolute Gasteiger partial charge is 0.459 e. The van der Waals surface area contributed by atoms with E-state index in [1.807, 2.05) is 0 Å². The molecule has 1 aromatic heterocycles. The van der Waals surface area contributed by atoms with Crippen molar-refractivity contribution in [3.05, 3.63) is 88.5 Å². The van der Waals surface area contributed by atoms with Gasteiger partial charge in [0.05, 0.1) is 33.0 Å². The quantitative estimate of drug-likeness (QED) is 0.471. The number of carbonyl (C=O) groups is 1. The fraction of sp³-hybridized carbons (Fsp3) is 0.240. The standard InChI is InChI=1S/C25H20Cl2N2O5S/c1-12(2)34-24(31)21-13(3)28-25-29(22(21)14-4-6-16(26)7-5-14)23(30)20(35-25)9-15-8-18-19(10-17(15)27)33-11-32-18/h4-10,12,22H,11H2,1-3H3/b20-9+/t22-/m0/s1. The molecule has 0 spiro atoms. The molecule has 0 fully saturated rings. The van der Waals surface area contributed by atoms with Crippen LogP contribution in [0, 0.1) is 0 Å². The molecule has 0 N–H and O–H groups in total. The lowest BCUT2D eigenvalue weighted by atomic mass is 9.96. The summed E-state index contributed by atoms with van der Waals surface area (Å²) < 4.78 is 18.2. The van der Waals surface area contributed by atoms with Crippen LogP contribution in [0.25, 0.3) is 6.08 Å².